The van der Waals surface area contributed by atoms with Gasteiger partial charge in [-0.05, 0) is 24.6 Å². The Labute approximate surface area is 140 Å². The predicted octanol–water partition coefficient (Wildman–Crippen LogP) is 2.00. The van der Waals surface area contributed by atoms with Crippen LogP contribution in [0.2, 0.25) is 0 Å². The average Bonchev–Trinajstić information content (AvgIpc) is 2.55. The van der Waals surface area contributed by atoms with Gasteiger partial charge in [0.15, 0.2) is 27.6 Å². The number of aliphatic hydroxyl groups excluding tert-OH is 1. The zero-order valence-electron chi connectivity index (χ0n) is 12.6. The maximum absolute atomic E-state index is 12.5. The number of benzene rings is 1. The molecule has 0 bridgehead atoms. The molecule has 3 rings (SSSR count). The maximum atomic E-state index is 12.5. The van der Waals surface area contributed by atoms with E-state index in [0.29, 0.717) is 15.6 Å². The van der Waals surface area contributed by atoms with Crippen LogP contribution in [0.25, 0.3) is 5.76 Å². The highest BCUT2D eigenvalue weighted by atomic mass is 32.2. The van der Waals surface area contributed by atoms with Crippen molar-refractivity contribution >= 4 is 39.6 Å². The number of nitrogens with zero attached hydrogens (tertiary/aromatic N) is 2. The molecule has 1 aromatic carbocycles. The Balaban J connectivity index is 1.95. The van der Waals surface area contributed by atoms with Crippen LogP contribution in [0, 0.1) is 0 Å². The van der Waals surface area contributed by atoms with E-state index in [-0.39, 0.29) is 11.5 Å². The fourth-order valence-corrected chi connectivity index (χ4v) is 4.13. The summed E-state index contributed by atoms with van der Waals surface area (Å²) in [5.74, 6) is 0.0229. The van der Waals surface area contributed by atoms with E-state index in [1.54, 1.807) is 30.5 Å². The Morgan fingerprint density at radius 1 is 1.43 bits per heavy atom. The number of amides is 1. The third-order valence-corrected chi connectivity index (χ3v) is 5.89. The molecule has 0 saturated heterocycles. The SMILES string of the molecule is CC1=CN=C(NC(=O)C2=C(O)c3ccccc3S(=O)N2C)SC1. The highest BCUT2D eigenvalue weighted by Crippen LogP contribution is 2.32. The smallest absolute Gasteiger partial charge is 0.278 e. The Morgan fingerprint density at radius 2 is 2.17 bits per heavy atom. The van der Waals surface area contributed by atoms with Gasteiger partial charge in [0.1, 0.15) is 0 Å². The van der Waals surface area contributed by atoms with Crippen LogP contribution in [0.3, 0.4) is 0 Å². The van der Waals surface area contributed by atoms with Gasteiger partial charge >= 0.3 is 0 Å². The summed E-state index contributed by atoms with van der Waals surface area (Å²) in [6, 6.07) is 6.77. The molecule has 1 unspecified atom stereocenters. The van der Waals surface area contributed by atoms with Crippen LogP contribution in [0.15, 0.2) is 51.6 Å². The lowest BCUT2D eigenvalue weighted by Gasteiger charge is -2.27. The molecule has 0 fully saturated rings. The molecule has 2 N–H and O–H groups in total. The van der Waals surface area contributed by atoms with Gasteiger partial charge in [-0.3, -0.25) is 14.4 Å². The van der Waals surface area contributed by atoms with Gasteiger partial charge in [0.05, 0.1) is 4.90 Å². The summed E-state index contributed by atoms with van der Waals surface area (Å²) < 4.78 is 13.7. The quantitative estimate of drug-likeness (QED) is 0.812. The minimum atomic E-state index is -1.55. The first-order valence-electron chi connectivity index (χ1n) is 6.85. The number of thioether (sulfide) groups is 1. The first-order valence-corrected chi connectivity index (χ1v) is 8.94. The Kier molecular flexibility index (Phi) is 4.27. The number of likely N-dealkylation sites (N-methyl/N-ethyl adjacent to an activating group) is 1. The highest BCUT2D eigenvalue weighted by molar-refractivity contribution is 8.14. The van der Waals surface area contributed by atoms with Crippen LogP contribution in [-0.4, -0.2) is 37.5 Å². The molecule has 23 heavy (non-hydrogen) atoms. The Hall–Kier alpha value is -2.06. The summed E-state index contributed by atoms with van der Waals surface area (Å²) in [6.45, 7) is 1.96. The summed E-state index contributed by atoms with van der Waals surface area (Å²) in [5, 5.41) is 13.5. The van der Waals surface area contributed by atoms with Gasteiger partial charge in [0.2, 0.25) is 0 Å². The van der Waals surface area contributed by atoms with Gasteiger partial charge in [-0.2, -0.15) is 0 Å². The molecular formula is C15H15N3O3S2. The molecular weight excluding hydrogens is 334 g/mol. The van der Waals surface area contributed by atoms with Crippen molar-refractivity contribution in [2.24, 2.45) is 4.99 Å². The lowest BCUT2D eigenvalue weighted by Crippen LogP contribution is -2.39. The molecule has 1 amide bonds. The van der Waals surface area contributed by atoms with Gasteiger partial charge < -0.3 is 5.11 Å². The molecule has 0 aliphatic carbocycles. The average molecular weight is 349 g/mol. The van der Waals surface area contributed by atoms with E-state index < -0.39 is 16.9 Å². The second-order valence-electron chi connectivity index (χ2n) is 5.09. The minimum absolute atomic E-state index is 0.0309. The predicted molar refractivity (Wildman–Crippen MR) is 92.0 cm³/mol. The van der Waals surface area contributed by atoms with Crippen molar-refractivity contribution in [1.82, 2.24) is 9.62 Å². The van der Waals surface area contributed by atoms with Gasteiger partial charge in [-0.1, -0.05) is 23.9 Å². The van der Waals surface area contributed by atoms with E-state index in [4.69, 9.17) is 0 Å². The summed E-state index contributed by atoms with van der Waals surface area (Å²) in [7, 11) is -0.0365. The topological polar surface area (TPSA) is 82.0 Å². The first-order chi connectivity index (χ1) is 11.0. The van der Waals surface area contributed by atoms with Crippen molar-refractivity contribution in [3.63, 3.8) is 0 Å². The van der Waals surface area contributed by atoms with Gasteiger partial charge in [0, 0.05) is 24.6 Å². The van der Waals surface area contributed by atoms with Crippen molar-refractivity contribution in [2.75, 3.05) is 12.8 Å². The number of carbonyl (C=O) groups excluding carboxylic acids is 1. The third kappa shape index (κ3) is 2.91. The zero-order chi connectivity index (χ0) is 16.6. The summed E-state index contributed by atoms with van der Waals surface area (Å²) in [4.78, 5) is 17.1. The van der Waals surface area contributed by atoms with Crippen molar-refractivity contribution in [3.05, 3.63) is 47.3 Å². The fraction of sp³-hybridized carbons (Fsp3) is 0.200. The monoisotopic (exact) mass is 349 g/mol. The number of aliphatic hydroxyl groups is 1. The molecule has 1 atom stereocenters. The number of fused-ring (bicyclic) bond motifs is 1. The second kappa shape index (κ2) is 6.21. The van der Waals surface area contributed by atoms with Crippen LogP contribution in [0.4, 0.5) is 0 Å². The van der Waals surface area contributed by atoms with Crippen molar-refractivity contribution in [1.29, 1.82) is 0 Å². The molecule has 1 aromatic rings. The van der Waals surface area contributed by atoms with E-state index in [2.05, 4.69) is 10.3 Å². The van der Waals surface area contributed by atoms with Crippen LogP contribution < -0.4 is 5.32 Å². The standard InChI is InChI=1S/C15H15N3O3S2/c1-9-7-16-15(22-8-9)17-14(20)12-13(19)10-5-3-4-6-11(10)23(21)18(12)2/h3-7,19H,8H2,1-2H3,(H,16,17,20). The highest BCUT2D eigenvalue weighted by Gasteiger charge is 2.32. The lowest BCUT2D eigenvalue weighted by molar-refractivity contribution is -0.117. The Morgan fingerprint density at radius 3 is 2.87 bits per heavy atom. The normalized spacial score (nSPS) is 20.6. The molecule has 0 aromatic heterocycles. The third-order valence-electron chi connectivity index (χ3n) is 3.39. The van der Waals surface area contributed by atoms with E-state index >= 15 is 0 Å². The van der Waals surface area contributed by atoms with E-state index in [1.807, 2.05) is 6.92 Å². The number of hydrogen-bond acceptors (Lipinski definition) is 5. The molecule has 0 radical (unpaired) electrons. The molecule has 0 saturated carbocycles. The van der Waals surface area contributed by atoms with E-state index in [1.165, 1.54) is 23.1 Å². The Bertz CT molecular complexity index is 799. The molecule has 2 heterocycles. The van der Waals surface area contributed by atoms with Crippen molar-refractivity contribution in [2.45, 2.75) is 11.8 Å². The lowest BCUT2D eigenvalue weighted by atomic mass is 10.1. The molecule has 6 nitrogen and oxygen atoms in total. The molecule has 8 heteroatoms. The number of hydrogen-bond donors (Lipinski definition) is 2. The largest absolute Gasteiger partial charge is 0.505 e. The second-order valence-corrected chi connectivity index (χ2v) is 7.54. The fourth-order valence-electron chi connectivity index (χ4n) is 2.22. The molecule has 2 aliphatic rings. The number of rotatable bonds is 1. The van der Waals surface area contributed by atoms with Crippen LogP contribution in [0.1, 0.15) is 12.5 Å². The molecule has 120 valence electrons. The van der Waals surface area contributed by atoms with Gasteiger partial charge in [0.25, 0.3) is 5.91 Å². The summed E-state index contributed by atoms with van der Waals surface area (Å²) in [6.07, 6.45) is 1.69. The molecule has 0 spiro atoms. The van der Waals surface area contributed by atoms with Crippen LogP contribution in [-0.2, 0) is 15.8 Å². The number of nitrogens with one attached hydrogen (secondary N) is 1. The van der Waals surface area contributed by atoms with Crippen LogP contribution in [0.5, 0.6) is 0 Å². The summed E-state index contributed by atoms with van der Waals surface area (Å²) >= 11 is 1.40. The minimum Gasteiger partial charge on any atom is -0.505 e. The van der Waals surface area contributed by atoms with Gasteiger partial charge in [-0.15, -0.1) is 0 Å². The van der Waals surface area contributed by atoms with E-state index in [9.17, 15) is 14.1 Å². The van der Waals surface area contributed by atoms with Crippen LogP contribution >= 0.6 is 11.8 Å². The molecule has 2 aliphatic heterocycles. The number of carbonyl (C=O) groups is 1. The maximum Gasteiger partial charge on any atom is 0.278 e. The van der Waals surface area contributed by atoms with Gasteiger partial charge in [-0.25, -0.2) is 9.20 Å². The summed E-state index contributed by atoms with van der Waals surface area (Å²) in [5.41, 5.74) is 1.49. The number of aliphatic imine (C=N–C) groups is 1. The number of amidine groups is 1. The first kappa shape index (κ1) is 15.8. The van der Waals surface area contributed by atoms with Crippen molar-refractivity contribution in [3.8, 4) is 0 Å². The zero-order valence-corrected chi connectivity index (χ0v) is 14.2. The van der Waals surface area contributed by atoms with E-state index in [0.717, 1.165) is 11.3 Å². The van der Waals surface area contributed by atoms with Crippen molar-refractivity contribution < 1.29 is 14.1 Å².